The van der Waals surface area contributed by atoms with Crippen molar-refractivity contribution in [2.24, 2.45) is 11.8 Å². The predicted octanol–water partition coefficient (Wildman–Crippen LogP) is 5.78. The Kier molecular flexibility index (Phi) is 7.07. The summed E-state index contributed by atoms with van der Waals surface area (Å²) in [6, 6.07) is 10.3. The number of esters is 2. The molecule has 2 aliphatic rings. The highest BCUT2D eigenvalue weighted by atomic mass is 16.5. The van der Waals surface area contributed by atoms with Crippen molar-refractivity contribution in [1.29, 1.82) is 0 Å². The SMILES string of the molecule is C1CCC2CCCCC2C1.COC(=O)c1ccc2cc(C(=O)OC)ccc2c1. The van der Waals surface area contributed by atoms with Crippen LogP contribution in [0.15, 0.2) is 36.4 Å². The average molecular weight is 383 g/mol. The lowest BCUT2D eigenvalue weighted by Gasteiger charge is -2.35. The molecule has 2 aromatic carbocycles. The first-order valence-corrected chi connectivity index (χ1v) is 10.3. The van der Waals surface area contributed by atoms with Crippen molar-refractivity contribution in [1.82, 2.24) is 0 Å². The highest BCUT2D eigenvalue weighted by Crippen LogP contribution is 2.40. The predicted molar refractivity (Wildman–Crippen MR) is 111 cm³/mol. The molecule has 0 aromatic heterocycles. The van der Waals surface area contributed by atoms with E-state index in [0.717, 1.165) is 22.6 Å². The van der Waals surface area contributed by atoms with E-state index in [0.29, 0.717) is 11.1 Å². The third kappa shape index (κ3) is 4.92. The minimum Gasteiger partial charge on any atom is -0.465 e. The Labute approximate surface area is 167 Å². The number of ether oxygens (including phenoxy) is 2. The highest BCUT2D eigenvalue weighted by molar-refractivity contribution is 5.98. The number of benzene rings is 2. The third-order valence-corrected chi connectivity index (χ3v) is 6.15. The van der Waals surface area contributed by atoms with E-state index >= 15 is 0 Å². The molecule has 0 saturated heterocycles. The van der Waals surface area contributed by atoms with Crippen LogP contribution in [0.5, 0.6) is 0 Å². The second kappa shape index (κ2) is 9.72. The van der Waals surface area contributed by atoms with E-state index in [-0.39, 0.29) is 11.9 Å². The highest BCUT2D eigenvalue weighted by Gasteiger charge is 2.26. The zero-order valence-corrected chi connectivity index (χ0v) is 16.9. The van der Waals surface area contributed by atoms with E-state index in [9.17, 15) is 9.59 Å². The molecule has 2 aliphatic carbocycles. The Hall–Kier alpha value is -2.36. The van der Waals surface area contributed by atoms with Crippen molar-refractivity contribution in [3.63, 3.8) is 0 Å². The molecule has 0 heterocycles. The van der Waals surface area contributed by atoms with Gasteiger partial charge in [0.15, 0.2) is 0 Å². The monoisotopic (exact) mass is 382 g/mol. The van der Waals surface area contributed by atoms with E-state index in [1.165, 1.54) is 39.9 Å². The first-order chi connectivity index (χ1) is 13.6. The Morgan fingerprint density at radius 2 is 1.04 bits per heavy atom. The number of hydrogen-bond donors (Lipinski definition) is 0. The number of hydrogen-bond acceptors (Lipinski definition) is 4. The first-order valence-electron chi connectivity index (χ1n) is 10.3. The maximum absolute atomic E-state index is 11.4. The lowest BCUT2D eigenvalue weighted by Crippen LogP contribution is -2.22. The Morgan fingerprint density at radius 3 is 1.36 bits per heavy atom. The van der Waals surface area contributed by atoms with Gasteiger partial charge in [-0.25, -0.2) is 9.59 Å². The van der Waals surface area contributed by atoms with Gasteiger partial charge < -0.3 is 9.47 Å². The molecule has 2 saturated carbocycles. The van der Waals surface area contributed by atoms with Gasteiger partial charge in [-0.3, -0.25) is 0 Å². The van der Waals surface area contributed by atoms with Gasteiger partial charge in [-0.1, -0.05) is 63.5 Å². The molecule has 4 rings (SSSR count). The van der Waals surface area contributed by atoms with Gasteiger partial charge in [0, 0.05) is 0 Å². The number of rotatable bonds is 2. The largest absolute Gasteiger partial charge is 0.465 e. The van der Waals surface area contributed by atoms with Crippen molar-refractivity contribution in [2.45, 2.75) is 51.4 Å². The van der Waals surface area contributed by atoms with Crippen molar-refractivity contribution < 1.29 is 19.1 Å². The van der Waals surface area contributed by atoms with E-state index < -0.39 is 0 Å². The lowest BCUT2D eigenvalue weighted by molar-refractivity contribution is 0.0591. The fraction of sp³-hybridized carbons (Fsp3) is 0.500. The van der Waals surface area contributed by atoms with Crippen LogP contribution in [0.4, 0.5) is 0 Å². The molecule has 0 spiro atoms. The van der Waals surface area contributed by atoms with Gasteiger partial charge in [-0.05, 0) is 46.9 Å². The van der Waals surface area contributed by atoms with Gasteiger partial charge in [-0.15, -0.1) is 0 Å². The lowest BCUT2D eigenvalue weighted by atomic mass is 9.71. The van der Waals surface area contributed by atoms with E-state index in [1.807, 2.05) is 0 Å². The van der Waals surface area contributed by atoms with Crippen LogP contribution in [-0.2, 0) is 9.47 Å². The normalized spacial score (nSPS) is 21.1. The molecule has 0 amide bonds. The van der Waals surface area contributed by atoms with Gasteiger partial charge in [-0.2, -0.15) is 0 Å². The van der Waals surface area contributed by atoms with Crippen LogP contribution in [-0.4, -0.2) is 26.2 Å². The van der Waals surface area contributed by atoms with Crippen molar-refractivity contribution >= 4 is 22.7 Å². The molecule has 4 heteroatoms. The van der Waals surface area contributed by atoms with Crippen molar-refractivity contribution in [3.05, 3.63) is 47.5 Å². The maximum Gasteiger partial charge on any atom is 0.337 e. The van der Waals surface area contributed by atoms with E-state index in [2.05, 4.69) is 9.47 Å². The molecular formula is C24H30O4. The number of fused-ring (bicyclic) bond motifs is 2. The first kappa shape index (κ1) is 20.4. The minimum atomic E-state index is -0.381. The van der Waals surface area contributed by atoms with Gasteiger partial charge in [0.05, 0.1) is 25.3 Å². The quantitative estimate of drug-likeness (QED) is 0.618. The molecule has 28 heavy (non-hydrogen) atoms. The Morgan fingerprint density at radius 1 is 0.679 bits per heavy atom. The summed E-state index contributed by atoms with van der Waals surface area (Å²) < 4.78 is 9.30. The standard InChI is InChI=1S/C14H12O4.C10H18/c1-17-13(15)11-5-3-10-8-12(14(16)18-2)6-4-9(10)7-11;1-2-6-10-8-4-3-7-9(10)5-1/h3-8H,1-2H3;9-10H,1-8H2. The summed E-state index contributed by atoms with van der Waals surface area (Å²) in [5.74, 6) is 1.55. The fourth-order valence-corrected chi connectivity index (χ4v) is 4.59. The number of carbonyl (C=O) groups is 2. The molecule has 150 valence electrons. The fourth-order valence-electron chi connectivity index (χ4n) is 4.59. The third-order valence-electron chi connectivity index (χ3n) is 6.15. The van der Waals surface area contributed by atoms with Crippen LogP contribution in [0, 0.1) is 11.8 Å². The second-order valence-electron chi connectivity index (χ2n) is 7.85. The summed E-state index contributed by atoms with van der Waals surface area (Å²) in [6.45, 7) is 0. The number of carbonyl (C=O) groups excluding carboxylic acids is 2. The van der Waals surface area contributed by atoms with Crippen LogP contribution < -0.4 is 0 Å². The van der Waals surface area contributed by atoms with Crippen molar-refractivity contribution in [3.8, 4) is 0 Å². The van der Waals surface area contributed by atoms with Gasteiger partial charge in [0.1, 0.15) is 0 Å². The summed E-state index contributed by atoms with van der Waals surface area (Å²) in [5.41, 5.74) is 0.964. The molecule has 0 radical (unpaired) electrons. The van der Waals surface area contributed by atoms with E-state index in [1.54, 1.807) is 62.1 Å². The van der Waals surface area contributed by atoms with Crippen LogP contribution in [0.3, 0.4) is 0 Å². The minimum absolute atomic E-state index is 0.381. The molecule has 2 aromatic rings. The summed E-state index contributed by atoms with van der Waals surface area (Å²) >= 11 is 0. The molecule has 0 bridgehead atoms. The molecule has 0 atom stereocenters. The van der Waals surface area contributed by atoms with Gasteiger partial charge >= 0.3 is 11.9 Å². The molecule has 0 N–H and O–H groups in total. The maximum atomic E-state index is 11.4. The second-order valence-corrected chi connectivity index (χ2v) is 7.85. The zero-order valence-electron chi connectivity index (χ0n) is 16.9. The summed E-state index contributed by atoms with van der Waals surface area (Å²) in [4.78, 5) is 22.8. The summed E-state index contributed by atoms with van der Waals surface area (Å²) in [7, 11) is 2.68. The van der Waals surface area contributed by atoms with Gasteiger partial charge in [0.2, 0.25) is 0 Å². The van der Waals surface area contributed by atoms with E-state index in [4.69, 9.17) is 0 Å². The van der Waals surface area contributed by atoms with Crippen LogP contribution in [0.2, 0.25) is 0 Å². The Balaban J connectivity index is 0.000000188. The molecule has 4 nitrogen and oxygen atoms in total. The van der Waals surface area contributed by atoms with Crippen LogP contribution >= 0.6 is 0 Å². The summed E-state index contributed by atoms with van der Waals surface area (Å²) in [6.07, 6.45) is 12.4. The smallest absolute Gasteiger partial charge is 0.337 e. The van der Waals surface area contributed by atoms with Crippen LogP contribution in [0.1, 0.15) is 72.1 Å². The topological polar surface area (TPSA) is 52.6 Å². The van der Waals surface area contributed by atoms with Crippen molar-refractivity contribution in [2.75, 3.05) is 14.2 Å². The number of methoxy groups -OCH3 is 2. The molecular weight excluding hydrogens is 352 g/mol. The molecule has 0 aliphatic heterocycles. The average Bonchev–Trinajstić information content (AvgIpc) is 2.77. The van der Waals surface area contributed by atoms with Crippen LogP contribution in [0.25, 0.3) is 10.8 Å². The molecule has 0 unspecified atom stereocenters. The Bertz CT molecular complexity index is 745. The zero-order chi connectivity index (χ0) is 19.9. The summed E-state index contributed by atoms with van der Waals surface area (Å²) in [5, 5.41) is 1.73. The van der Waals surface area contributed by atoms with Gasteiger partial charge in [0.25, 0.3) is 0 Å². The molecule has 2 fully saturated rings.